The number of aromatic nitrogens is 3. The van der Waals surface area contributed by atoms with Crippen LogP contribution in [0.15, 0.2) is 45.8 Å². The van der Waals surface area contributed by atoms with Gasteiger partial charge in [-0.15, -0.1) is 6.42 Å². The quantitative estimate of drug-likeness (QED) is 0.339. The number of aliphatic imine (C=N–C) groups is 1. The zero-order valence-electron chi connectivity index (χ0n) is 13.8. The van der Waals surface area contributed by atoms with Gasteiger partial charge >= 0.3 is 0 Å². The Kier molecular flexibility index (Phi) is 2.63. The molecule has 120 valence electrons. The van der Waals surface area contributed by atoms with Gasteiger partial charge in [-0.1, -0.05) is 18.1 Å². The third-order valence-electron chi connectivity index (χ3n) is 4.66. The molecule has 0 aliphatic carbocycles. The van der Waals surface area contributed by atoms with Crippen LogP contribution in [-0.2, 0) is 7.05 Å². The predicted molar refractivity (Wildman–Crippen MR) is 101 cm³/mol. The van der Waals surface area contributed by atoms with Gasteiger partial charge in [0.2, 0.25) is 5.78 Å². The number of para-hydroxylation sites is 2. The highest BCUT2D eigenvalue weighted by atomic mass is 16.3. The Hall–Kier alpha value is -3.52. The summed E-state index contributed by atoms with van der Waals surface area (Å²) in [5.41, 5.74) is 5.66. The lowest BCUT2D eigenvalue weighted by atomic mass is 10.2. The van der Waals surface area contributed by atoms with E-state index < -0.39 is 0 Å². The molecule has 5 aromatic rings. The number of imidazole rings is 2. The smallest absolute Gasteiger partial charge is 0.215 e. The minimum atomic E-state index is 0.732. The Morgan fingerprint density at radius 3 is 2.76 bits per heavy atom. The molecule has 0 fully saturated rings. The molecule has 0 aliphatic heterocycles. The molecule has 3 aromatic heterocycles. The largest absolute Gasteiger partial charge is 0.459 e. The highest BCUT2D eigenvalue weighted by Crippen LogP contribution is 2.38. The predicted octanol–water partition coefficient (Wildman–Crippen LogP) is 4.37. The molecule has 0 saturated heterocycles. The first-order chi connectivity index (χ1) is 12.2. The van der Waals surface area contributed by atoms with Crippen LogP contribution in [0.5, 0.6) is 0 Å². The molecule has 0 aliphatic rings. The summed E-state index contributed by atoms with van der Waals surface area (Å²) in [5.74, 6) is 4.05. The van der Waals surface area contributed by atoms with Gasteiger partial charge in [-0.2, -0.15) is 0 Å². The highest BCUT2D eigenvalue weighted by Gasteiger charge is 2.19. The fourth-order valence-electron chi connectivity index (χ4n) is 3.58. The van der Waals surface area contributed by atoms with Crippen molar-refractivity contribution in [2.45, 2.75) is 6.92 Å². The molecule has 2 aromatic carbocycles. The summed E-state index contributed by atoms with van der Waals surface area (Å²) < 4.78 is 10.1. The number of aryl methyl sites for hydroxylation is 2. The van der Waals surface area contributed by atoms with Crippen LogP contribution in [0, 0.1) is 19.3 Å². The molecule has 5 heteroatoms. The number of hydrogen-bond donors (Lipinski definition) is 0. The number of benzene rings is 2. The molecule has 3 heterocycles. The first kappa shape index (κ1) is 13.9. The molecule has 0 bridgehead atoms. The molecule has 0 saturated carbocycles. The molecule has 0 radical (unpaired) electrons. The van der Waals surface area contributed by atoms with Crippen LogP contribution >= 0.6 is 0 Å². The van der Waals surface area contributed by atoms with E-state index in [0.29, 0.717) is 0 Å². The molecular weight excluding hydrogens is 312 g/mol. The summed E-state index contributed by atoms with van der Waals surface area (Å²) in [4.78, 5) is 9.29. The van der Waals surface area contributed by atoms with Gasteiger partial charge in [0.25, 0.3) is 0 Å². The lowest BCUT2D eigenvalue weighted by Gasteiger charge is -1.96. The van der Waals surface area contributed by atoms with E-state index in [1.54, 1.807) is 0 Å². The minimum absolute atomic E-state index is 0.732. The van der Waals surface area contributed by atoms with E-state index in [2.05, 4.69) is 32.0 Å². The maximum Gasteiger partial charge on any atom is 0.215 e. The molecule has 0 N–H and O–H groups in total. The Morgan fingerprint density at radius 2 is 1.96 bits per heavy atom. The molecule has 0 atom stereocenters. The van der Waals surface area contributed by atoms with Gasteiger partial charge in [0.15, 0.2) is 0 Å². The summed E-state index contributed by atoms with van der Waals surface area (Å²) in [7, 11) is 2.03. The van der Waals surface area contributed by atoms with Gasteiger partial charge in [-0.3, -0.25) is 4.40 Å². The number of rotatable bonds is 1. The topological polar surface area (TPSA) is 47.7 Å². The van der Waals surface area contributed by atoms with E-state index in [-0.39, 0.29) is 0 Å². The van der Waals surface area contributed by atoms with Crippen molar-refractivity contribution in [3.8, 4) is 12.3 Å². The second kappa shape index (κ2) is 4.74. The molecule has 0 spiro atoms. The Bertz CT molecular complexity index is 1370. The third kappa shape index (κ3) is 1.68. The lowest BCUT2D eigenvalue weighted by molar-refractivity contribution is 0.579. The van der Waals surface area contributed by atoms with Gasteiger partial charge in [-0.25, -0.2) is 9.98 Å². The van der Waals surface area contributed by atoms with Crippen LogP contribution in [-0.4, -0.2) is 20.2 Å². The van der Waals surface area contributed by atoms with Gasteiger partial charge < -0.3 is 8.98 Å². The zero-order chi connectivity index (χ0) is 17.1. The maximum absolute atomic E-state index is 5.86. The summed E-state index contributed by atoms with van der Waals surface area (Å²) in [6, 6.07) is 12.3. The second-order valence-corrected chi connectivity index (χ2v) is 6.03. The SMILES string of the molecule is C#CC=Nc1c(C)oc2ccc3c(nc4n(C)c5ccccc5n34)c12. The zero-order valence-corrected chi connectivity index (χ0v) is 13.8. The minimum Gasteiger partial charge on any atom is -0.459 e. The Balaban J connectivity index is 2.02. The van der Waals surface area contributed by atoms with Crippen LogP contribution in [0.4, 0.5) is 5.69 Å². The van der Waals surface area contributed by atoms with Crippen molar-refractivity contribution >= 4 is 50.7 Å². The summed E-state index contributed by atoms with van der Waals surface area (Å²) in [6.07, 6.45) is 6.77. The highest BCUT2D eigenvalue weighted by molar-refractivity contribution is 6.11. The number of furan rings is 1. The van der Waals surface area contributed by atoms with E-state index in [1.807, 2.05) is 38.2 Å². The normalized spacial score (nSPS) is 12.2. The van der Waals surface area contributed by atoms with E-state index in [9.17, 15) is 0 Å². The van der Waals surface area contributed by atoms with Crippen LogP contribution in [0.3, 0.4) is 0 Å². The van der Waals surface area contributed by atoms with Gasteiger partial charge in [0.05, 0.1) is 28.2 Å². The third-order valence-corrected chi connectivity index (χ3v) is 4.66. The van der Waals surface area contributed by atoms with Crippen LogP contribution in [0.25, 0.3) is 38.8 Å². The van der Waals surface area contributed by atoms with Gasteiger partial charge in [0.1, 0.15) is 22.5 Å². The number of fused-ring (bicyclic) bond motifs is 7. The van der Waals surface area contributed by atoms with Crippen molar-refractivity contribution in [3.05, 3.63) is 42.2 Å². The first-order valence-electron chi connectivity index (χ1n) is 7.97. The van der Waals surface area contributed by atoms with Gasteiger partial charge in [-0.05, 0) is 31.2 Å². The molecule has 5 rings (SSSR count). The second-order valence-electron chi connectivity index (χ2n) is 6.03. The summed E-state index contributed by atoms with van der Waals surface area (Å²) >= 11 is 0. The monoisotopic (exact) mass is 326 g/mol. The van der Waals surface area contributed by atoms with Crippen LogP contribution in [0.2, 0.25) is 0 Å². The fraction of sp³-hybridized carbons (Fsp3) is 0.100. The number of terminal acetylenes is 1. The average molecular weight is 326 g/mol. The molecule has 0 amide bonds. The standard InChI is InChI=1S/C20H14N4O/c1-4-11-21-18-12(2)25-16-10-9-15-19(17(16)18)22-20-23(3)13-7-5-6-8-14(13)24(15)20/h1,5-11H,2-3H3. The van der Waals surface area contributed by atoms with Crippen molar-refractivity contribution in [1.82, 2.24) is 14.0 Å². The van der Waals surface area contributed by atoms with Crippen LogP contribution < -0.4 is 0 Å². The molecule has 5 nitrogen and oxygen atoms in total. The molecule has 0 unspecified atom stereocenters. The maximum atomic E-state index is 5.86. The van der Waals surface area contributed by atoms with Crippen molar-refractivity contribution < 1.29 is 4.42 Å². The van der Waals surface area contributed by atoms with E-state index >= 15 is 0 Å². The molecular formula is C20H14N4O. The van der Waals surface area contributed by atoms with Crippen LogP contribution in [0.1, 0.15) is 5.76 Å². The number of nitrogens with zero attached hydrogens (tertiary/aromatic N) is 4. The number of hydrogen-bond acceptors (Lipinski definition) is 3. The Morgan fingerprint density at radius 1 is 1.16 bits per heavy atom. The first-order valence-corrected chi connectivity index (χ1v) is 7.97. The lowest BCUT2D eigenvalue weighted by Crippen LogP contribution is -1.87. The Labute approximate surface area is 143 Å². The molecule has 25 heavy (non-hydrogen) atoms. The van der Waals surface area contributed by atoms with Crippen molar-refractivity contribution in [2.75, 3.05) is 0 Å². The van der Waals surface area contributed by atoms with Crippen molar-refractivity contribution in [3.63, 3.8) is 0 Å². The van der Waals surface area contributed by atoms with Crippen molar-refractivity contribution in [1.29, 1.82) is 0 Å². The van der Waals surface area contributed by atoms with E-state index in [1.165, 1.54) is 6.21 Å². The van der Waals surface area contributed by atoms with Crippen molar-refractivity contribution in [2.24, 2.45) is 12.0 Å². The average Bonchev–Trinajstić information content (AvgIpc) is 3.24. The summed E-state index contributed by atoms with van der Waals surface area (Å²) in [6.45, 7) is 1.89. The van der Waals surface area contributed by atoms with Gasteiger partial charge in [0, 0.05) is 7.05 Å². The summed E-state index contributed by atoms with van der Waals surface area (Å²) in [5, 5.41) is 0.897. The fourth-order valence-corrected chi connectivity index (χ4v) is 3.58. The van der Waals surface area contributed by atoms with E-state index in [4.69, 9.17) is 15.8 Å². The van der Waals surface area contributed by atoms with E-state index in [0.717, 1.165) is 50.3 Å².